The summed E-state index contributed by atoms with van der Waals surface area (Å²) in [5.74, 6) is 1.05. The van der Waals surface area contributed by atoms with E-state index in [1.165, 1.54) is 11.8 Å². The van der Waals surface area contributed by atoms with Crippen LogP contribution in [-0.2, 0) is 17.8 Å². The SMILES string of the molecule is COc1ccc(NC(=O)CSc2nc3c(c(=O)n2Cc2ccccc2)SC(C)C3)cc1OC. The summed E-state index contributed by atoms with van der Waals surface area (Å²) in [6.45, 7) is 2.51. The van der Waals surface area contributed by atoms with Gasteiger partial charge < -0.3 is 14.8 Å². The molecule has 4 rings (SSSR count). The largest absolute Gasteiger partial charge is 0.493 e. The Morgan fingerprint density at radius 3 is 2.67 bits per heavy atom. The van der Waals surface area contributed by atoms with E-state index in [1.54, 1.807) is 48.7 Å². The number of methoxy groups -OCH3 is 2. The van der Waals surface area contributed by atoms with Crippen LogP contribution in [0.25, 0.3) is 0 Å². The van der Waals surface area contributed by atoms with Crippen molar-refractivity contribution in [3.05, 3.63) is 70.1 Å². The van der Waals surface area contributed by atoms with Crippen LogP contribution in [0.1, 0.15) is 18.2 Å². The number of carbonyl (C=O) groups is 1. The smallest absolute Gasteiger partial charge is 0.268 e. The second-order valence-corrected chi connectivity index (χ2v) is 9.98. The van der Waals surface area contributed by atoms with Crippen molar-refractivity contribution >= 4 is 35.1 Å². The maximum Gasteiger partial charge on any atom is 0.268 e. The molecule has 1 N–H and O–H groups in total. The van der Waals surface area contributed by atoms with E-state index in [-0.39, 0.29) is 17.2 Å². The molecule has 0 fully saturated rings. The highest BCUT2D eigenvalue weighted by atomic mass is 32.2. The van der Waals surface area contributed by atoms with Crippen LogP contribution < -0.4 is 20.3 Å². The third-order valence-corrected chi connectivity index (χ3v) is 7.34. The molecule has 3 aromatic rings. The molecule has 1 amide bonds. The standard InChI is InChI=1S/C24H25N3O4S2/c1-15-11-18-22(33-15)23(29)27(13-16-7-5-4-6-8-16)24(26-18)32-14-21(28)25-17-9-10-19(30-2)20(12-17)31-3/h4-10,12,15H,11,13-14H2,1-3H3,(H,25,28). The quantitative estimate of drug-likeness (QED) is 0.382. The molecular weight excluding hydrogens is 458 g/mol. The third-order valence-electron chi connectivity index (χ3n) is 5.15. The van der Waals surface area contributed by atoms with Crippen LogP contribution in [-0.4, -0.2) is 40.7 Å². The number of hydrogen-bond donors (Lipinski definition) is 1. The molecule has 7 nitrogen and oxygen atoms in total. The number of ether oxygens (including phenoxy) is 2. The highest BCUT2D eigenvalue weighted by molar-refractivity contribution is 8.00. The Morgan fingerprint density at radius 1 is 1.18 bits per heavy atom. The summed E-state index contributed by atoms with van der Waals surface area (Å²) in [5.41, 5.74) is 2.40. The fourth-order valence-corrected chi connectivity index (χ4v) is 5.52. The third kappa shape index (κ3) is 5.36. The van der Waals surface area contributed by atoms with Crippen LogP contribution in [0.15, 0.2) is 63.4 Å². The number of fused-ring (bicyclic) bond motifs is 1. The van der Waals surface area contributed by atoms with Crippen LogP contribution in [0.4, 0.5) is 5.69 Å². The van der Waals surface area contributed by atoms with Gasteiger partial charge in [-0.25, -0.2) is 4.98 Å². The second-order valence-electron chi connectivity index (χ2n) is 7.59. The van der Waals surface area contributed by atoms with Gasteiger partial charge in [0.2, 0.25) is 5.91 Å². The number of benzene rings is 2. The van der Waals surface area contributed by atoms with Crippen molar-refractivity contribution in [2.75, 3.05) is 25.3 Å². The molecule has 0 aliphatic carbocycles. The first-order valence-electron chi connectivity index (χ1n) is 10.5. The Hall–Kier alpha value is -2.91. The minimum absolute atomic E-state index is 0.0407. The molecule has 172 valence electrons. The molecule has 2 aromatic carbocycles. The van der Waals surface area contributed by atoms with Gasteiger partial charge in [-0.3, -0.25) is 14.2 Å². The zero-order chi connectivity index (χ0) is 23.4. The molecule has 0 saturated heterocycles. The summed E-state index contributed by atoms with van der Waals surface area (Å²) in [6, 6.07) is 15.0. The predicted octanol–water partition coefficient (Wildman–Crippen LogP) is 4.08. The first-order valence-corrected chi connectivity index (χ1v) is 12.3. The summed E-state index contributed by atoms with van der Waals surface area (Å²) in [5, 5.41) is 3.74. The summed E-state index contributed by atoms with van der Waals surface area (Å²) >= 11 is 2.84. The van der Waals surface area contributed by atoms with E-state index in [2.05, 4.69) is 12.2 Å². The van der Waals surface area contributed by atoms with Gasteiger partial charge in [0, 0.05) is 23.4 Å². The molecule has 1 aliphatic heterocycles. The summed E-state index contributed by atoms with van der Waals surface area (Å²) in [4.78, 5) is 31.4. The van der Waals surface area contributed by atoms with E-state index in [4.69, 9.17) is 14.5 Å². The second kappa shape index (κ2) is 10.4. The van der Waals surface area contributed by atoms with Gasteiger partial charge in [-0.2, -0.15) is 0 Å². The van der Waals surface area contributed by atoms with Crippen molar-refractivity contribution in [1.29, 1.82) is 0 Å². The van der Waals surface area contributed by atoms with Crippen molar-refractivity contribution in [3.63, 3.8) is 0 Å². The Bertz CT molecular complexity index is 1210. The zero-order valence-corrected chi connectivity index (χ0v) is 20.3. The molecule has 0 radical (unpaired) electrons. The highest BCUT2D eigenvalue weighted by Gasteiger charge is 2.26. The van der Waals surface area contributed by atoms with Crippen molar-refractivity contribution < 1.29 is 14.3 Å². The average Bonchev–Trinajstić information content (AvgIpc) is 3.20. The van der Waals surface area contributed by atoms with Gasteiger partial charge in [-0.1, -0.05) is 49.0 Å². The number of amides is 1. The number of hydrogen-bond acceptors (Lipinski definition) is 7. The highest BCUT2D eigenvalue weighted by Crippen LogP contribution is 2.34. The molecule has 2 heterocycles. The van der Waals surface area contributed by atoms with Crippen molar-refractivity contribution in [2.45, 2.75) is 35.2 Å². The molecule has 33 heavy (non-hydrogen) atoms. The molecule has 0 spiro atoms. The van der Waals surface area contributed by atoms with Gasteiger partial charge in [0.1, 0.15) is 0 Å². The summed E-state index contributed by atoms with van der Waals surface area (Å²) < 4.78 is 12.2. The van der Waals surface area contributed by atoms with Gasteiger partial charge in [-0.05, 0) is 17.7 Å². The Kier molecular flexibility index (Phi) is 7.29. The molecule has 0 saturated carbocycles. The molecular formula is C24H25N3O4S2. The number of anilines is 1. The van der Waals surface area contributed by atoms with Gasteiger partial charge in [0.15, 0.2) is 16.7 Å². The zero-order valence-electron chi connectivity index (χ0n) is 18.7. The lowest BCUT2D eigenvalue weighted by molar-refractivity contribution is -0.113. The van der Waals surface area contributed by atoms with Crippen molar-refractivity contribution in [1.82, 2.24) is 9.55 Å². The number of carbonyl (C=O) groups excluding carboxylic acids is 1. The number of aromatic nitrogens is 2. The Balaban J connectivity index is 1.53. The lowest BCUT2D eigenvalue weighted by atomic mass is 10.2. The van der Waals surface area contributed by atoms with E-state index in [0.717, 1.165) is 22.6 Å². The van der Waals surface area contributed by atoms with Crippen LogP contribution >= 0.6 is 23.5 Å². The number of nitrogens with one attached hydrogen (secondary N) is 1. The minimum Gasteiger partial charge on any atom is -0.493 e. The van der Waals surface area contributed by atoms with Gasteiger partial charge in [0.05, 0.1) is 37.1 Å². The molecule has 9 heteroatoms. The summed E-state index contributed by atoms with van der Waals surface area (Å²) in [6.07, 6.45) is 0.757. The maximum atomic E-state index is 13.3. The topological polar surface area (TPSA) is 82.5 Å². The molecule has 0 bridgehead atoms. The van der Waals surface area contributed by atoms with E-state index in [9.17, 15) is 9.59 Å². The molecule has 1 aromatic heterocycles. The minimum atomic E-state index is -0.198. The van der Waals surface area contributed by atoms with Gasteiger partial charge in [0.25, 0.3) is 5.56 Å². The predicted molar refractivity (Wildman–Crippen MR) is 132 cm³/mol. The average molecular weight is 484 g/mol. The van der Waals surface area contributed by atoms with Crippen molar-refractivity contribution in [3.8, 4) is 11.5 Å². The monoisotopic (exact) mass is 483 g/mol. The normalized spacial score (nSPS) is 14.6. The molecule has 1 unspecified atom stereocenters. The first kappa shape index (κ1) is 23.3. The fourth-order valence-electron chi connectivity index (χ4n) is 3.59. The molecule has 1 atom stereocenters. The van der Waals surface area contributed by atoms with Crippen LogP contribution in [0.2, 0.25) is 0 Å². The molecule has 1 aliphatic rings. The van der Waals surface area contributed by atoms with Gasteiger partial charge >= 0.3 is 0 Å². The summed E-state index contributed by atoms with van der Waals surface area (Å²) in [7, 11) is 3.11. The fraction of sp³-hybridized carbons (Fsp3) is 0.292. The van der Waals surface area contributed by atoms with Gasteiger partial charge in [-0.15, -0.1) is 11.8 Å². The van der Waals surface area contributed by atoms with Crippen LogP contribution in [0, 0.1) is 0 Å². The Labute approximate surface area is 200 Å². The number of thioether (sulfide) groups is 2. The van der Waals surface area contributed by atoms with Crippen molar-refractivity contribution in [2.24, 2.45) is 0 Å². The number of rotatable bonds is 8. The van der Waals surface area contributed by atoms with E-state index >= 15 is 0 Å². The van der Waals surface area contributed by atoms with E-state index in [1.807, 2.05) is 30.3 Å². The number of nitrogens with zero attached hydrogens (tertiary/aromatic N) is 2. The lowest BCUT2D eigenvalue weighted by Crippen LogP contribution is -2.26. The van der Waals surface area contributed by atoms with Crippen LogP contribution in [0.5, 0.6) is 11.5 Å². The maximum absolute atomic E-state index is 13.3. The first-order chi connectivity index (χ1) is 16.0. The Morgan fingerprint density at radius 2 is 1.94 bits per heavy atom. The van der Waals surface area contributed by atoms with E-state index in [0.29, 0.717) is 34.1 Å². The lowest BCUT2D eigenvalue weighted by Gasteiger charge is -2.14. The van der Waals surface area contributed by atoms with E-state index < -0.39 is 0 Å². The van der Waals surface area contributed by atoms with Crippen LogP contribution in [0.3, 0.4) is 0 Å².